The molecular weight excluding hydrogens is 202 g/mol. The highest BCUT2D eigenvalue weighted by molar-refractivity contribution is 6.31. The van der Waals surface area contributed by atoms with Crippen molar-refractivity contribution in [3.63, 3.8) is 0 Å². The van der Waals surface area contributed by atoms with E-state index >= 15 is 0 Å². The molecule has 3 nitrogen and oxygen atoms in total. The SMILES string of the molecule is CC(N)c1ccc(OCCO)cc1Cl. The van der Waals surface area contributed by atoms with Crippen molar-refractivity contribution < 1.29 is 9.84 Å². The van der Waals surface area contributed by atoms with Gasteiger partial charge in [0.05, 0.1) is 6.61 Å². The largest absolute Gasteiger partial charge is 0.491 e. The van der Waals surface area contributed by atoms with Gasteiger partial charge in [0.15, 0.2) is 0 Å². The number of nitrogens with two attached hydrogens (primary N) is 1. The Morgan fingerprint density at radius 2 is 2.29 bits per heavy atom. The van der Waals surface area contributed by atoms with Gasteiger partial charge in [0.2, 0.25) is 0 Å². The van der Waals surface area contributed by atoms with Crippen LogP contribution in [0.4, 0.5) is 0 Å². The highest BCUT2D eigenvalue weighted by atomic mass is 35.5. The van der Waals surface area contributed by atoms with Crippen LogP contribution in [0, 0.1) is 0 Å². The maximum absolute atomic E-state index is 8.56. The second-order valence-corrected chi connectivity index (χ2v) is 3.45. The molecule has 0 radical (unpaired) electrons. The Bertz CT molecular complexity index is 302. The molecule has 1 aromatic rings. The van der Waals surface area contributed by atoms with Gasteiger partial charge in [-0.2, -0.15) is 0 Å². The number of aliphatic hydroxyl groups is 1. The van der Waals surface area contributed by atoms with E-state index in [4.69, 9.17) is 27.2 Å². The maximum atomic E-state index is 8.56. The first-order valence-electron chi connectivity index (χ1n) is 4.44. The van der Waals surface area contributed by atoms with Crippen LogP contribution in [0.1, 0.15) is 18.5 Å². The van der Waals surface area contributed by atoms with Crippen molar-refractivity contribution in [2.45, 2.75) is 13.0 Å². The zero-order chi connectivity index (χ0) is 10.6. The number of halogens is 1. The lowest BCUT2D eigenvalue weighted by molar-refractivity contribution is 0.201. The quantitative estimate of drug-likeness (QED) is 0.805. The smallest absolute Gasteiger partial charge is 0.120 e. The summed E-state index contributed by atoms with van der Waals surface area (Å²) in [4.78, 5) is 0. The molecule has 3 N–H and O–H groups in total. The van der Waals surface area contributed by atoms with Crippen molar-refractivity contribution in [2.75, 3.05) is 13.2 Å². The number of hydrogen-bond acceptors (Lipinski definition) is 3. The van der Waals surface area contributed by atoms with Crippen molar-refractivity contribution in [1.82, 2.24) is 0 Å². The highest BCUT2D eigenvalue weighted by Crippen LogP contribution is 2.25. The molecule has 0 aliphatic carbocycles. The monoisotopic (exact) mass is 215 g/mol. The van der Waals surface area contributed by atoms with Gasteiger partial charge in [-0.05, 0) is 24.6 Å². The average molecular weight is 216 g/mol. The molecule has 0 aromatic heterocycles. The second-order valence-electron chi connectivity index (χ2n) is 3.04. The Morgan fingerprint density at radius 1 is 1.57 bits per heavy atom. The number of ether oxygens (including phenoxy) is 1. The van der Waals surface area contributed by atoms with E-state index in [1.54, 1.807) is 12.1 Å². The molecular formula is C10H14ClNO2. The number of benzene rings is 1. The van der Waals surface area contributed by atoms with Crippen molar-refractivity contribution in [1.29, 1.82) is 0 Å². The zero-order valence-corrected chi connectivity index (χ0v) is 8.79. The van der Waals surface area contributed by atoms with E-state index in [0.29, 0.717) is 10.8 Å². The van der Waals surface area contributed by atoms with Crippen LogP contribution >= 0.6 is 11.6 Å². The molecule has 0 bridgehead atoms. The predicted molar refractivity (Wildman–Crippen MR) is 56.6 cm³/mol. The molecule has 1 unspecified atom stereocenters. The van der Waals surface area contributed by atoms with Crippen LogP contribution < -0.4 is 10.5 Å². The fourth-order valence-electron chi connectivity index (χ4n) is 1.13. The van der Waals surface area contributed by atoms with Gasteiger partial charge in [0, 0.05) is 11.1 Å². The topological polar surface area (TPSA) is 55.5 Å². The summed E-state index contributed by atoms with van der Waals surface area (Å²) in [6, 6.07) is 5.24. The fraction of sp³-hybridized carbons (Fsp3) is 0.400. The first-order valence-corrected chi connectivity index (χ1v) is 4.81. The molecule has 0 saturated carbocycles. The summed E-state index contributed by atoms with van der Waals surface area (Å²) >= 11 is 5.98. The first kappa shape index (κ1) is 11.3. The minimum Gasteiger partial charge on any atom is -0.491 e. The molecule has 78 valence electrons. The Balaban J connectivity index is 2.78. The van der Waals surface area contributed by atoms with Crippen LogP contribution in [0.2, 0.25) is 5.02 Å². The molecule has 0 aliphatic heterocycles. The minimum absolute atomic E-state index is 0.00728. The van der Waals surface area contributed by atoms with Gasteiger partial charge in [0.1, 0.15) is 12.4 Å². The summed E-state index contributed by atoms with van der Waals surface area (Å²) in [7, 11) is 0. The molecule has 14 heavy (non-hydrogen) atoms. The van der Waals surface area contributed by atoms with Gasteiger partial charge >= 0.3 is 0 Å². The van der Waals surface area contributed by atoms with Crippen molar-refractivity contribution in [2.24, 2.45) is 5.73 Å². The molecule has 0 aliphatic rings. The van der Waals surface area contributed by atoms with E-state index in [0.717, 1.165) is 5.56 Å². The van der Waals surface area contributed by atoms with Crippen molar-refractivity contribution in [3.8, 4) is 5.75 Å². The van der Waals surface area contributed by atoms with Gasteiger partial charge in [-0.25, -0.2) is 0 Å². The Kier molecular flexibility index (Phi) is 4.20. The van der Waals surface area contributed by atoms with E-state index in [9.17, 15) is 0 Å². The summed E-state index contributed by atoms with van der Waals surface area (Å²) in [5.74, 6) is 0.647. The minimum atomic E-state index is -0.0885. The molecule has 0 fully saturated rings. The second kappa shape index (κ2) is 5.20. The maximum Gasteiger partial charge on any atom is 0.120 e. The van der Waals surface area contributed by atoms with Crippen LogP contribution in [-0.2, 0) is 0 Å². The number of rotatable bonds is 4. The van der Waals surface area contributed by atoms with Gasteiger partial charge in [0.25, 0.3) is 0 Å². The molecule has 0 spiro atoms. The lowest BCUT2D eigenvalue weighted by Crippen LogP contribution is -2.06. The molecule has 0 saturated heterocycles. The third-order valence-electron chi connectivity index (χ3n) is 1.82. The molecule has 0 heterocycles. The van der Waals surface area contributed by atoms with E-state index in [2.05, 4.69) is 0 Å². The van der Waals surface area contributed by atoms with E-state index in [-0.39, 0.29) is 19.3 Å². The molecule has 0 amide bonds. The summed E-state index contributed by atoms with van der Waals surface area (Å²) < 4.78 is 5.20. The standard InChI is InChI=1S/C10H14ClNO2/c1-7(12)9-3-2-8(6-10(9)11)14-5-4-13/h2-3,6-7,13H,4-5,12H2,1H3. The Labute approximate surface area is 88.4 Å². The van der Waals surface area contributed by atoms with Crippen LogP contribution in [-0.4, -0.2) is 18.3 Å². The summed E-state index contributed by atoms with van der Waals surface area (Å²) in [5, 5.41) is 9.15. The first-order chi connectivity index (χ1) is 6.65. The highest BCUT2D eigenvalue weighted by Gasteiger charge is 2.06. The predicted octanol–water partition coefficient (Wildman–Crippen LogP) is 1.73. The van der Waals surface area contributed by atoms with Gasteiger partial charge < -0.3 is 15.6 Å². The van der Waals surface area contributed by atoms with Gasteiger partial charge in [-0.15, -0.1) is 0 Å². The summed E-state index contributed by atoms with van der Waals surface area (Å²) in [6.45, 7) is 2.13. The van der Waals surface area contributed by atoms with Crippen LogP contribution in [0.3, 0.4) is 0 Å². The van der Waals surface area contributed by atoms with Gasteiger partial charge in [-0.3, -0.25) is 0 Å². The Morgan fingerprint density at radius 3 is 2.79 bits per heavy atom. The van der Waals surface area contributed by atoms with Crippen LogP contribution in [0.25, 0.3) is 0 Å². The number of aliphatic hydroxyl groups excluding tert-OH is 1. The third-order valence-corrected chi connectivity index (χ3v) is 2.15. The van der Waals surface area contributed by atoms with Gasteiger partial charge in [-0.1, -0.05) is 17.7 Å². The van der Waals surface area contributed by atoms with Crippen molar-refractivity contribution in [3.05, 3.63) is 28.8 Å². The van der Waals surface area contributed by atoms with Crippen LogP contribution in [0.15, 0.2) is 18.2 Å². The average Bonchev–Trinajstić information content (AvgIpc) is 2.14. The fourth-order valence-corrected chi connectivity index (χ4v) is 1.47. The van der Waals surface area contributed by atoms with E-state index < -0.39 is 0 Å². The summed E-state index contributed by atoms with van der Waals surface area (Å²) in [6.07, 6.45) is 0. The molecule has 1 aromatic carbocycles. The van der Waals surface area contributed by atoms with E-state index in [1.807, 2.05) is 13.0 Å². The number of hydrogen-bond donors (Lipinski definition) is 2. The molecule has 1 rings (SSSR count). The molecule has 1 atom stereocenters. The molecule has 4 heteroatoms. The third kappa shape index (κ3) is 2.87. The van der Waals surface area contributed by atoms with Crippen molar-refractivity contribution >= 4 is 11.6 Å². The van der Waals surface area contributed by atoms with Crippen LogP contribution in [0.5, 0.6) is 5.75 Å². The lowest BCUT2D eigenvalue weighted by atomic mass is 10.1. The lowest BCUT2D eigenvalue weighted by Gasteiger charge is -2.10. The Hall–Kier alpha value is -0.770. The summed E-state index contributed by atoms with van der Waals surface area (Å²) in [5.41, 5.74) is 6.59. The normalized spacial score (nSPS) is 12.6. The zero-order valence-electron chi connectivity index (χ0n) is 8.03. The van der Waals surface area contributed by atoms with E-state index in [1.165, 1.54) is 0 Å².